The molecule has 5 heteroatoms. The summed E-state index contributed by atoms with van der Waals surface area (Å²) in [5, 5.41) is 8.94. The Bertz CT molecular complexity index is 385. The standard InChI is InChI=1S/C19H35NO4/c1-5-6-7-8-9-10-11-12-13-14-19(23)24-17(15-18(21)22)16-20(2,3)4/h10-11,17H,5-9,12-16H2,1-4H3/p+1/b11-10-/t17-/m0/s1. The van der Waals surface area contributed by atoms with Crippen molar-refractivity contribution >= 4 is 11.9 Å². The highest BCUT2D eigenvalue weighted by Gasteiger charge is 2.24. The van der Waals surface area contributed by atoms with Crippen molar-refractivity contribution in [1.82, 2.24) is 0 Å². The van der Waals surface area contributed by atoms with Gasteiger partial charge in [0.15, 0.2) is 6.10 Å². The number of aliphatic carboxylic acids is 1. The molecule has 0 saturated carbocycles. The van der Waals surface area contributed by atoms with Gasteiger partial charge >= 0.3 is 11.9 Å². The summed E-state index contributed by atoms with van der Waals surface area (Å²) in [4.78, 5) is 22.8. The van der Waals surface area contributed by atoms with Crippen molar-refractivity contribution in [3.63, 3.8) is 0 Å². The normalized spacial score (nSPS) is 13.2. The lowest BCUT2D eigenvalue weighted by atomic mass is 10.1. The first-order valence-corrected chi connectivity index (χ1v) is 9.11. The van der Waals surface area contributed by atoms with E-state index in [0.717, 1.165) is 19.3 Å². The Hall–Kier alpha value is -1.36. The Morgan fingerprint density at radius 3 is 2.21 bits per heavy atom. The highest BCUT2D eigenvalue weighted by molar-refractivity contribution is 5.71. The molecule has 1 atom stereocenters. The summed E-state index contributed by atoms with van der Waals surface area (Å²) < 4.78 is 5.91. The van der Waals surface area contributed by atoms with Gasteiger partial charge < -0.3 is 14.3 Å². The van der Waals surface area contributed by atoms with E-state index in [1.54, 1.807) is 0 Å². The van der Waals surface area contributed by atoms with Gasteiger partial charge in [0, 0.05) is 6.42 Å². The summed E-state index contributed by atoms with van der Waals surface area (Å²) in [6, 6.07) is 0. The Morgan fingerprint density at radius 2 is 1.67 bits per heavy atom. The number of allylic oxidation sites excluding steroid dienone is 2. The van der Waals surface area contributed by atoms with Crippen molar-refractivity contribution in [1.29, 1.82) is 0 Å². The molecule has 0 bridgehead atoms. The topological polar surface area (TPSA) is 63.6 Å². The summed E-state index contributed by atoms with van der Waals surface area (Å²) >= 11 is 0. The molecule has 0 saturated heterocycles. The predicted octanol–water partition coefficient (Wildman–Crippen LogP) is 3.78. The third-order valence-corrected chi connectivity index (χ3v) is 3.59. The van der Waals surface area contributed by atoms with E-state index in [4.69, 9.17) is 9.84 Å². The van der Waals surface area contributed by atoms with Crippen LogP contribution in [0.2, 0.25) is 0 Å². The van der Waals surface area contributed by atoms with E-state index in [1.165, 1.54) is 25.7 Å². The van der Waals surface area contributed by atoms with Crippen molar-refractivity contribution in [2.75, 3.05) is 27.7 Å². The Balaban J connectivity index is 3.95. The molecule has 0 aromatic carbocycles. The number of ether oxygens (including phenoxy) is 1. The molecule has 0 aromatic rings. The smallest absolute Gasteiger partial charge is 0.307 e. The van der Waals surface area contributed by atoms with Crippen molar-refractivity contribution in [3.05, 3.63) is 12.2 Å². The molecule has 0 unspecified atom stereocenters. The van der Waals surface area contributed by atoms with Crippen molar-refractivity contribution in [2.24, 2.45) is 0 Å². The van der Waals surface area contributed by atoms with Gasteiger partial charge in [-0.25, -0.2) is 0 Å². The predicted molar refractivity (Wildman–Crippen MR) is 96.8 cm³/mol. The number of carboxylic acids is 1. The number of carbonyl (C=O) groups is 2. The highest BCUT2D eigenvalue weighted by Crippen LogP contribution is 2.09. The van der Waals surface area contributed by atoms with Crippen LogP contribution < -0.4 is 0 Å². The van der Waals surface area contributed by atoms with Crippen LogP contribution in [-0.2, 0) is 14.3 Å². The fourth-order valence-electron chi connectivity index (χ4n) is 2.48. The zero-order chi connectivity index (χ0) is 18.4. The number of nitrogens with zero attached hydrogens (tertiary/aromatic N) is 1. The molecule has 24 heavy (non-hydrogen) atoms. The summed E-state index contributed by atoms with van der Waals surface area (Å²) in [6.07, 6.45) is 11.7. The Morgan fingerprint density at radius 1 is 1.04 bits per heavy atom. The fourth-order valence-corrected chi connectivity index (χ4v) is 2.48. The third-order valence-electron chi connectivity index (χ3n) is 3.59. The van der Waals surface area contributed by atoms with Gasteiger partial charge in [0.2, 0.25) is 0 Å². The van der Waals surface area contributed by atoms with Gasteiger partial charge in [0.1, 0.15) is 6.54 Å². The van der Waals surface area contributed by atoms with Crippen LogP contribution in [0.3, 0.4) is 0 Å². The molecular weight excluding hydrogens is 306 g/mol. The molecule has 0 aliphatic rings. The van der Waals surface area contributed by atoms with Crippen LogP contribution in [0.5, 0.6) is 0 Å². The summed E-state index contributed by atoms with van der Waals surface area (Å²) in [6.45, 7) is 2.70. The monoisotopic (exact) mass is 342 g/mol. The molecule has 0 amide bonds. The molecule has 0 aliphatic carbocycles. The minimum absolute atomic E-state index is 0.140. The van der Waals surface area contributed by atoms with Gasteiger partial charge in [0.05, 0.1) is 27.6 Å². The van der Waals surface area contributed by atoms with Gasteiger partial charge in [-0.2, -0.15) is 0 Å². The maximum absolute atomic E-state index is 11.9. The van der Waals surface area contributed by atoms with Gasteiger partial charge in [-0.15, -0.1) is 0 Å². The largest absolute Gasteiger partial charge is 0.481 e. The van der Waals surface area contributed by atoms with E-state index in [1.807, 2.05) is 21.1 Å². The van der Waals surface area contributed by atoms with Crippen LogP contribution in [0, 0.1) is 0 Å². The van der Waals surface area contributed by atoms with E-state index in [-0.39, 0.29) is 12.4 Å². The van der Waals surface area contributed by atoms with Crippen LogP contribution in [0.15, 0.2) is 12.2 Å². The van der Waals surface area contributed by atoms with E-state index in [9.17, 15) is 9.59 Å². The van der Waals surface area contributed by atoms with Crippen LogP contribution in [0.4, 0.5) is 0 Å². The van der Waals surface area contributed by atoms with Crippen LogP contribution >= 0.6 is 0 Å². The van der Waals surface area contributed by atoms with E-state index in [2.05, 4.69) is 19.1 Å². The molecule has 0 aliphatic heterocycles. The van der Waals surface area contributed by atoms with Crippen molar-refractivity contribution in [3.8, 4) is 0 Å². The molecule has 0 spiro atoms. The molecule has 0 radical (unpaired) electrons. The van der Waals surface area contributed by atoms with Crippen molar-refractivity contribution in [2.45, 2.75) is 70.8 Å². The molecule has 140 valence electrons. The minimum atomic E-state index is -0.938. The fraction of sp³-hybridized carbons (Fsp3) is 0.789. The number of hydrogen-bond acceptors (Lipinski definition) is 3. The molecule has 1 N–H and O–H groups in total. The second-order valence-corrected chi connectivity index (χ2v) is 7.40. The number of likely N-dealkylation sites (N-methyl/N-ethyl adjacent to an activating group) is 1. The SMILES string of the molecule is CCCCCC/C=C\CCCC(=O)O[C@@H](CC(=O)O)C[N+](C)(C)C. The molecule has 0 rings (SSSR count). The summed E-state index contributed by atoms with van der Waals surface area (Å²) in [7, 11) is 5.86. The summed E-state index contributed by atoms with van der Waals surface area (Å²) in [5.74, 6) is -1.24. The molecule has 0 fully saturated rings. The Labute approximate surface area is 147 Å². The lowest BCUT2D eigenvalue weighted by molar-refractivity contribution is -0.873. The zero-order valence-corrected chi connectivity index (χ0v) is 15.9. The zero-order valence-electron chi connectivity index (χ0n) is 15.9. The number of quaternary nitrogens is 1. The summed E-state index contributed by atoms with van der Waals surface area (Å²) in [5.41, 5.74) is 0. The van der Waals surface area contributed by atoms with E-state index < -0.39 is 12.1 Å². The van der Waals surface area contributed by atoms with E-state index >= 15 is 0 Å². The molecule has 0 aromatic heterocycles. The van der Waals surface area contributed by atoms with Gasteiger partial charge in [-0.05, 0) is 25.7 Å². The molecular formula is C19H36NO4+. The number of esters is 1. The van der Waals surface area contributed by atoms with Gasteiger partial charge in [0.25, 0.3) is 0 Å². The van der Waals surface area contributed by atoms with Crippen LogP contribution in [-0.4, -0.2) is 55.3 Å². The van der Waals surface area contributed by atoms with Gasteiger partial charge in [-0.3, -0.25) is 9.59 Å². The number of hydrogen-bond donors (Lipinski definition) is 1. The lowest BCUT2D eigenvalue weighted by Gasteiger charge is -2.28. The molecule has 0 heterocycles. The highest BCUT2D eigenvalue weighted by atomic mass is 16.5. The first-order chi connectivity index (χ1) is 11.2. The average molecular weight is 343 g/mol. The Kier molecular flexibility index (Phi) is 12.3. The number of rotatable bonds is 14. The maximum atomic E-state index is 11.9. The van der Waals surface area contributed by atoms with Crippen LogP contribution in [0.1, 0.15) is 64.7 Å². The second kappa shape index (κ2) is 13.0. The van der Waals surface area contributed by atoms with Crippen molar-refractivity contribution < 1.29 is 23.9 Å². The quantitative estimate of drug-likeness (QED) is 0.226. The van der Waals surface area contributed by atoms with Gasteiger partial charge in [-0.1, -0.05) is 38.3 Å². The first-order valence-electron chi connectivity index (χ1n) is 9.11. The average Bonchev–Trinajstić information content (AvgIpc) is 2.42. The third kappa shape index (κ3) is 15.5. The first kappa shape index (κ1) is 22.6. The number of carbonyl (C=O) groups excluding carboxylic acids is 1. The lowest BCUT2D eigenvalue weighted by Crippen LogP contribution is -2.43. The van der Waals surface area contributed by atoms with Crippen LogP contribution in [0.25, 0.3) is 0 Å². The van der Waals surface area contributed by atoms with E-state index in [0.29, 0.717) is 17.4 Å². The number of unbranched alkanes of at least 4 members (excludes halogenated alkanes) is 5. The second-order valence-electron chi connectivity index (χ2n) is 7.40. The molecule has 5 nitrogen and oxygen atoms in total. The minimum Gasteiger partial charge on any atom is -0.481 e. The number of carboxylic acid groups (broad SMARTS) is 1. The maximum Gasteiger partial charge on any atom is 0.307 e.